The van der Waals surface area contributed by atoms with Gasteiger partial charge in [0.05, 0.1) is 0 Å². The van der Waals surface area contributed by atoms with Gasteiger partial charge < -0.3 is 20.4 Å². The van der Waals surface area contributed by atoms with Gasteiger partial charge in [0, 0.05) is 59.3 Å². The van der Waals surface area contributed by atoms with Crippen molar-refractivity contribution in [1.29, 1.82) is 0 Å². The van der Waals surface area contributed by atoms with Crippen LogP contribution in [0.25, 0.3) is 0 Å². The number of halogens is 1. The van der Waals surface area contributed by atoms with Gasteiger partial charge in [0.2, 0.25) is 5.91 Å². The lowest BCUT2D eigenvalue weighted by molar-refractivity contribution is -0.131. The number of aliphatic imine (C=N–C) groups is 1. The summed E-state index contributed by atoms with van der Waals surface area (Å²) in [5.74, 6) is 0.868. The van der Waals surface area contributed by atoms with E-state index in [1.165, 1.54) is 11.1 Å². The molecule has 2 N–H and O–H groups in total. The fourth-order valence-electron chi connectivity index (χ4n) is 3.54. The maximum Gasteiger partial charge on any atom is 0.253 e. The lowest BCUT2D eigenvalue weighted by atomic mass is 10.1. The topological polar surface area (TPSA) is 77.0 Å². The van der Waals surface area contributed by atoms with Crippen LogP contribution < -0.4 is 10.6 Å². The van der Waals surface area contributed by atoms with Gasteiger partial charge in [0.1, 0.15) is 0 Å². The number of nitrogens with one attached hydrogen (secondary N) is 2. The van der Waals surface area contributed by atoms with E-state index in [2.05, 4.69) is 27.8 Å². The molecule has 0 bridgehead atoms. The number of benzene rings is 2. The Bertz CT molecular complexity index is 919. The Morgan fingerprint density at radius 2 is 1.62 bits per heavy atom. The Kier molecular flexibility index (Phi) is 9.96. The third-order valence-corrected chi connectivity index (χ3v) is 5.34. The van der Waals surface area contributed by atoms with Gasteiger partial charge >= 0.3 is 0 Å². The van der Waals surface area contributed by atoms with Crippen molar-refractivity contribution in [2.45, 2.75) is 32.5 Å². The Hall–Kier alpha value is -2.62. The van der Waals surface area contributed by atoms with Crippen LogP contribution in [0.5, 0.6) is 0 Å². The Morgan fingerprint density at radius 3 is 2.19 bits per heavy atom. The van der Waals surface area contributed by atoms with E-state index in [1.807, 2.05) is 41.3 Å². The zero-order chi connectivity index (χ0) is 22.2. The first-order valence-corrected chi connectivity index (χ1v) is 10.6. The number of hydrogen-bond acceptors (Lipinski definition) is 3. The molecule has 2 amide bonds. The molecule has 0 fully saturated rings. The molecule has 7 nitrogen and oxygen atoms in total. The summed E-state index contributed by atoms with van der Waals surface area (Å²) in [5, 5.41) is 6.52. The second kappa shape index (κ2) is 12.4. The summed E-state index contributed by atoms with van der Waals surface area (Å²) in [6, 6.07) is 15.8. The van der Waals surface area contributed by atoms with E-state index in [-0.39, 0.29) is 35.8 Å². The molecule has 1 aliphatic rings. The molecule has 0 aliphatic carbocycles. The summed E-state index contributed by atoms with van der Waals surface area (Å²) in [4.78, 5) is 32.2. The number of carbonyl (C=O) groups is 2. The standard InChI is InChI=1S/C24H31N5O2.HI/c1-25-24(27-15-18-10-12-19(13-11-18)23(31)28(2)3)26-14-6-9-22(30)29-16-20-7-4-5-8-21(20)17-29;/h4-5,7-8,10-13H,6,9,14-17H2,1-3H3,(H2,25,26,27);1H. The van der Waals surface area contributed by atoms with Crippen molar-refractivity contribution in [3.05, 3.63) is 70.8 Å². The van der Waals surface area contributed by atoms with E-state index in [9.17, 15) is 9.59 Å². The van der Waals surface area contributed by atoms with Gasteiger partial charge in [-0.05, 0) is 35.2 Å². The van der Waals surface area contributed by atoms with Crippen LogP contribution in [0.3, 0.4) is 0 Å². The molecular weight excluding hydrogens is 517 g/mol. The fraction of sp³-hybridized carbons (Fsp3) is 0.375. The van der Waals surface area contributed by atoms with E-state index in [0.717, 1.165) is 12.0 Å². The maximum atomic E-state index is 12.5. The van der Waals surface area contributed by atoms with Gasteiger partial charge in [-0.1, -0.05) is 36.4 Å². The maximum absolute atomic E-state index is 12.5. The Morgan fingerprint density at radius 1 is 1.00 bits per heavy atom. The second-order valence-electron chi connectivity index (χ2n) is 7.87. The van der Waals surface area contributed by atoms with Gasteiger partial charge in [0.25, 0.3) is 5.91 Å². The Balaban J connectivity index is 0.00000363. The summed E-state index contributed by atoms with van der Waals surface area (Å²) in [6.07, 6.45) is 1.26. The molecule has 0 spiro atoms. The van der Waals surface area contributed by atoms with Crippen molar-refractivity contribution in [2.24, 2.45) is 4.99 Å². The van der Waals surface area contributed by atoms with Crippen LogP contribution >= 0.6 is 24.0 Å². The van der Waals surface area contributed by atoms with Gasteiger partial charge in [-0.25, -0.2) is 0 Å². The molecule has 0 aromatic heterocycles. The van der Waals surface area contributed by atoms with Gasteiger partial charge in [-0.3, -0.25) is 14.6 Å². The molecule has 3 rings (SSSR count). The molecule has 2 aromatic carbocycles. The molecule has 172 valence electrons. The first kappa shape index (κ1) is 25.6. The van der Waals surface area contributed by atoms with Gasteiger partial charge in [0.15, 0.2) is 5.96 Å². The van der Waals surface area contributed by atoms with E-state index in [1.54, 1.807) is 26.0 Å². The second-order valence-corrected chi connectivity index (χ2v) is 7.87. The molecule has 0 atom stereocenters. The van der Waals surface area contributed by atoms with E-state index < -0.39 is 0 Å². The Labute approximate surface area is 207 Å². The van der Waals surface area contributed by atoms with Crippen LogP contribution in [0.2, 0.25) is 0 Å². The first-order valence-electron chi connectivity index (χ1n) is 10.6. The number of amides is 2. The van der Waals surface area contributed by atoms with Crippen molar-refractivity contribution in [1.82, 2.24) is 20.4 Å². The number of hydrogen-bond donors (Lipinski definition) is 2. The average molecular weight is 549 g/mol. The number of carbonyl (C=O) groups excluding carboxylic acids is 2. The third-order valence-electron chi connectivity index (χ3n) is 5.34. The molecule has 1 heterocycles. The zero-order valence-electron chi connectivity index (χ0n) is 18.9. The SMILES string of the molecule is CN=C(NCCCC(=O)N1Cc2ccccc2C1)NCc1ccc(C(=O)N(C)C)cc1.I. The molecule has 2 aromatic rings. The molecule has 1 aliphatic heterocycles. The van der Waals surface area contributed by atoms with Gasteiger partial charge in [-0.15, -0.1) is 24.0 Å². The van der Waals surface area contributed by atoms with Crippen molar-refractivity contribution >= 4 is 41.8 Å². The summed E-state index contributed by atoms with van der Waals surface area (Å²) < 4.78 is 0. The van der Waals surface area contributed by atoms with E-state index in [0.29, 0.717) is 44.1 Å². The van der Waals surface area contributed by atoms with E-state index in [4.69, 9.17) is 0 Å². The molecule has 0 saturated carbocycles. The van der Waals surface area contributed by atoms with Crippen molar-refractivity contribution in [3.63, 3.8) is 0 Å². The number of guanidine groups is 1. The van der Waals surface area contributed by atoms with Crippen LogP contribution in [0.4, 0.5) is 0 Å². The van der Waals surface area contributed by atoms with Crippen LogP contribution in [-0.2, 0) is 24.4 Å². The monoisotopic (exact) mass is 549 g/mol. The molecule has 0 unspecified atom stereocenters. The van der Waals surface area contributed by atoms with Crippen LogP contribution in [0.1, 0.15) is 39.9 Å². The number of rotatable bonds is 7. The molecule has 0 saturated heterocycles. The highest BCUT2D eigenvalue weighted by Crippen LogP contribution is 2.22. The highest BCUT2D eigenvalue weighted by Gasteiger charge is 2.22. The minimum absolute atomic E-state index is 0. The molecule has 8 heteroatoms. The molecule has 0 radical (unpaired) electrons. The van der Waals surface area contributed by atoms with Crippen molar-refractivity contribution < 1.29 is 9.59 Å². The number of fused-ring (bicyclic) bond motifs is 1. The van der Waals surface area contributed by atoms with Crippen molar-refractivity contribution in [3.8, 4) is 0 Å². The summed E-state index contributed by atoms with van der Waals surface area (Å²) in [6.45, 7) is 2.69. The van der Waals surface area contributed by atoms with Crippen LogP contribution in [-0.4, -0.2) is 55.3 Å². The average Bonchev–Trinajstić information content (AvgIpc) is 3.23. The highest BCUT2D eigenvalue weighted by molar-refractivity contribution is 14.0. The molecular formula is C24H32IN5O2. The predicted octanol–water partition coefficient (Wildman–Crippen LogP) is 2.99. The smallest absolute Gasteiger partial charge is 0.253 e. The summed E-state index contributed by atoms with van der Waals surface area (Å²) >= 11 is 0. The normalized spacial score (nSPS) is 12.6. The number of nitrogens with zero attached hydrogens (tertiary/aromatic N) is 3. The lowest BCUT2D eigenvalue weighted by Crippen LogP contribution is -2.37. The van der Waals surface area contributed by atoms with E-state index >= 15 is 0 Å². The van der Waals surface area contributed by atoms with Crippen LogP contribution in [0, 0.1) is 0 Å². The zero-order valence-corrected chi connectivity index (χ0v) is 21.3. The summed E-state index contributed by atoms with van der Waals surface area (Å²) in [5.41, 5.74) is 4.22. The van der Waals surface area contributed by atoms with Gasteiger partial charge in [-0.2, -0.15) is 0 Å². The lowest BCUT2D eigenvalue weighted by Gasteiger charge is -2.16. The fourth-order valence-corrected chi connectivity index (χ4v) is 3.54. The third kappa shape index (κ3) is 6.94. The largest absolute Gasteiger partial charge is 0.356 e. The predicted molar refractivity (Wildman–Crippen MR) is 138 cm³/mol. The first-order chi connectivity index (χ1) is 15.0. The summed E-state index contributed by atoms with van der Waals surface area (Å²) in [7, 11) is 5.21. The quantitative estimate of drug-likeness (QED) is 0.241. The van der Waals surface area contributed by atoms with Crippen LogP contribution in [0.15, 0.2) is 53.5 Å². The minimum Gasteiger partial charge on any atom is -0.356 e. The van der Waals surface area contributed by atoms with Crippen molar-refractivity contribution in [2.75, 3.05) is 27.7 Å². The molecule has 32 heavy (non-hydrogen) atoms. The minimum atomic E-state index is -0.00987. The highest BCUT2D eigenvalue weighted by atomic mass is 127.